The molecule has 2 N–H and O–H groups in total. The third-order valence-corrected chi connectivity index (χ3v) is 2.92. The van der Waals surface area contributed by atoms with E-state index in [0.29, 0.717) is 25.6 Å². The molecular formula is C11H22O7. The normalized spacial score (nSPS) is 26.7. The minimum Gasteiger partial charge on any atom is -0.394 e. The van der Waals surface area contributed by atoms with E-state index in [-0.39, 0.29) is 6.61 Å². The zero-order chi connectivity index (χ0) is 13.1. The predicted molar refractivity (Wildman–Crippen MR) is 59.4 cm³/mol. The summed E-state index contributed by atoms with van der Waals surface area (Å²) in [6, 6.07) is 0. The van der Waals surface area contributed by atoms with Gasteiger partial charge in [-0.25, -0.2) is 9.78 Å². The fourth-order valence-corrected chi connectivity index (χ4v) is 1.94. The van der Waals surface area contributed by atoms with Crippen molar-refractivity contribution in [2.24, 2.45) is 5.92 Å². The summed E-state index contributed by atoms with van der Waals surface area (Å²) in [4.78, 5) is 9.38. The summed E-state index contributed by atoms with van der Waals surface area (Å²) in [7, 11) is 0. The Balaban J connectivity index is 2.28. The van der Waals surface area contributed by atoms with Gasteiger partial charge in [0.15, 0.2) is 0 Å². The molecule has 0 radical (unpaired) electrons. The summed E-state index contributed by atoms with van der Waals surface area (Å²) in [5.74, 6) is 0.290. The van der Waals surface area contributed by atoms with E-state index in [9.17, 15) is 5.11 Å². The fraction of sp³-hybridized carbons (Fsp3) is 1.00. The third-order valence-electron chi connectivity index (χ3n) is 2.92. The Hall–Kier alpha value is -0.280. The van der Waals surface area contributed by atoms with E-state index in [1.165, 1.54) is 0 Å². The van der Waals surface area contributed by atoms with Gasteiger partial charge in [-0.05, 0) is 40.3 Å². The van der Waals surface area contributed by atoms with Crippen LogP contribution in [-0.4, -0.2) is 36.1 Å². The van der Waals surface area contributed by atoms with Gasteiger partial charge < -0.3 is 10.2 Å². The largest absolute Gasteiger partial charge is 0.394 e. The van der Waals surface area contributed by atoms with Crippen LogP contribution in [0.15, 0.2) is 0 Å². The number of hydrogen-bond acceptors (Lipinski definition) is 7. The van der Waals surface area contributed by atoms with Gasteiger partial charge in [0.2, 0.25) is 0 Å². The van der Waals surface area contributed by atoms with Crippen molar-refractivity contribution >= 4 is 0 Å². The lowest BCUT2D eigenvalue weighted by molar-refractivity contribution is -0.708. The monoisotopic (exact) mass is 266 g/mol. The molecular weight excluding hydrogens is 244 g/mol. The first-order valence-corrected chi connectivity index (χ1v) is 6.36. The van der Waals surface area contributed by atoms with E-state index in [4.69, 9.17) is 9.99 Å². The topological polar surface area (TPSA) is 86.6 Å². The molecule has 0 aliphatic carbocycles. The van der Waals surface area contributed by atoms with E-state index in [1.54, 1.807) is 0 Å². The van der Waals surface area contributed by atoms with Crippen LogP contribution in [0.3, 0.4) is 0 Å². The summed E-state index contributed by atoms with van der Waals surface area (Å²) in [6.07, 6.45) is 4.50. The van der Waals surface area contributed by atoms with Crippen LogP contribution in [0.5, 0.6) is 0 Å². The molecule has 1 aliphatic rings. The number of rotatable bonds is 3. The Labute approximate surface area is 106 Å². The Morgan fingerprint density at radius 3 is 2.50 bits per heavy atom. The summed E-state index contributed by atoms with van der Waals surface area (Å²) < 4.78 is 0. The third kappa shape index (κ3) is 7.93. The van der Waals surface area contributed by atoms with Crippen molar-refractivity contribution in [1.82, 2.24) is 0 Å². The molecule has 1 rings (SSSR count). The molecule has 2 atom stereocenters. The lowest BCUT2D eigenvalue weighted by Crippen LogP contribution is -2.18. The molecule has 7 nitrogen and oxygen atoms in total. The Kier molecular flexibility index (Phi) is 9.31. The van der Waals surface area contributed by atoms with Gasteiger partial charge in [0.25, 0.3) is 0 Å². The second-order valence-electron chi connectivity index (χ2n) is 4.42. The minimum atomic E-state index is -0.672. The maximum atomic E-state index is 9.46. The van der Waals surface area contributed by atoms with Crippen molar-refractivity contribution in [3.05, 3.63) is 0 Å². The SMILES string of the molecule is OCC(O)CC1CCCCCOOOOOCC1. The van der Waals surface area contributed by atoms with Crippen LogP contribution in [0.2, 0.25) is 0 Å². The Morgan fingerprint density at radius 2 is 1.72 bits per heavy atom. The standard InChI is InChI=1S/C11H22O7/c12-9-11(13)8-10-4-2-1-3-6-14-16-18-17-15-7-5-10/h10-13H,1-9H2. The number of aliphatic hydroxyl groups excluding tert-OH is 2. The van der Waals surface area contributed by atoms with Crippen molar-refractivity contribution in [2.75, 3.05) is 19.8 Å². The molecule has 0 amide bonds. The van der Waals surface area contributed by atoms with Gasteiger partial charge in [-0.15, -0.1) is 0 Å². The van der Waals surface area contributed by atoms with Crippen molar-refractivity contribution in [3.8, 4) is 0 Å². The second-order valence-corrected chi connectivity index (χ2v) is 4.42. The average Bonchev–Trinajstić information content (AvgIpc) is 2.40. The fourth-order valence-electron chi connectivity index (χ4n) is 1.94. The molecule has 0 bridgehead atoms. The first-order valence-electron chi connectivity index (χ1n) is 6.36. The van der Waals surface area contributed by atoms with Crippen molar-refractivity contribution in [1.29, 1.82) is 0 Å². The Bertz CT molecular complexity index is 176. The highest BCUT2D eigenvalue weighted by Crippen LogP contribution is 2.20. The van der Waals surface area contributed by atoms with Gasteiger partial charge in [0, 0.05) is 0 Å². The molecule has 1 fully saturated rings. The van der Waals surface area contributed by atoms with E-state index >= 15 is 0 Å². The van der Waals surface area contributed by atoms with Crippen molar-refractivity contribution in [2.45, 2.75) is 44.6 Å². The van der Waals surface area contributed by atoms with E-state index in [0.717, 1.165) is 32.1 Å². The van der Waals surface area contributed by atoms with Crippen LogP contribution in [0.4, 0.5) is 0 Å². The van der Waals surface area contributed by atoms with Crippen LogP contribution in [0.25, 0.3) is 0 Å². The van der Waals surface area contributed by atoms with E-state index in [2.05, 4.69) is 20.0 Å². The highest BCUT2D eigenvalue weighted by Gasteiger charge is 2.14. The highest BCUT2D eigenvalue weighted by atomic mass is 17.8. The minimum absolute atomic E-state index is 0.210. The summed E-state index contributed by atoms with van der Waals surface area (Å²) in [5, 5.41) is 31.0. The van der Waals surface area contributed by atoms with Gasteiger partial charge in [0.1, 0.15) is 0 Å². The molecule has 1 saturated heterocycles. The molecule has 1 aliphatic heterocycles. The molecule has 0 aromatic heterocycles. The maximum absolute atomic E-state index is 9.46. The number of hydrogen-bond donors (Lipinski definition) is 2. The quantitative estimate of drug-likeness (QED) is 0.738. The first-order chi connectivity index (χ1) is 8.83. The van der Waals surface area contributed by atoms with Gasteiger partial charge in [-0.1, -0.05) is 19.3 Å². The Morgan fingerprint density at radius 1 is 0.944 bits per heavy atom. The summed E-state index contributed by atoms with van der Waals surface area (Å²) in [6.45, 7) is 0.540. The maximum Gasteiger partial charge on any atom is 0.0857 e. The summed E-state index contributed by atoms with van der Waals surface area (Å²) in [5.41, 5.74) is 0. The number of aliphatic hydroxyl groups is 2. The molecule has 0 aromatic rings. The average molecular weight is 266 g/mol. The smallest absolute Gasteiger partial charge is 0.0857 e. The van der Waals surface area contributed by atoms with Crippen LogP contribution < -0.4 is 0 Å². The first kappa shape index (κ1) is 15.8. The van der Waals surface area contributed by atoms with Gasteiger partial charge in [-0.3, -0.25) is 0 Å². The van der Waals surface area contributed by atoms with E-state index in [1.807, 2.05) is 0 Å². The van der Waals surface area contributed by atoms with Gasteiger partial charge in [0.05, 0.1) is 25.9 Å². The van der Waals surface area contributed by atoms with Crippen LogP contribution in [-0.2, 0) is 24.9 Å². The van der Waals surface area contributed by atoms with Crippen molar-refractivity contribution < 1.29 is 35.1 Å². The molecule has 2 unspecified atom stereocenters. The second kappa shape index (κ2) is 10.6. The van der Waals surface area contributed by atoms with E-state index < -0.39 is 6.10 Å². The van der Waals surface area contributed by atoms with Crippen molar-refractivity contribution in [3.63, 3.8) is 0 Å². The predicted octanol–water partition coefficient (Wildman–Crippen LogP) is 1.05. The lowest BCUT2D eigenvalue weighted by Gasteiger charge is -2.18. The molecule has 0 aromatic carbocycles. The zero-order valence-electron chi connectivity index (χ0n) is 10.5. The van der Waals surface area contributed by atoms with Gasteiger partial charge in [-0.2, -0.15) is 0 Å². The van der Waals surface area contributed by atoms with Crippen LogP contribution in [0, 0.1) is 5.92 Å². The molecule has 0 saturated carbocycles. The lowest BCUT2D eigenvalue weighted by atomic mass is 9.92. The molecule has 18 heavy (non-hydrogen) atoms. The van der Waals surface area contributed by atoms with Crippen LogP contribution >= 0.6 is 0 Å². The molecule has 0 spiro atoms. The molecule has 1 heterocycles. The van der Waals surface area contributed by atoms with Crippen LogP contribution in [0.1, 0.15) is 38.5 Å². The molecule has 7 heteroatoms. The zero-order valence-corrected chi connectivity index (χ0v) is 10.5. The summed E-state index contributed by atoms with van der Waals surface area (Å²) >= 11 is 0. The van der Waals surface area contributed by atoms with Gasteiger partial charge >= 0.3 is 0 Å². The molecule has 108 valence electrons. The highest BCUT2D eigenvalue weighted by molar-refractivity contribution is 4.65.